The maximum Gasteiger partial charge on any atom is 0.416 e. The van der Waals surface area contributed by atoms with Gasteiger partial charge in [0, 0.05) is 69.4 Å². The van der Waals surface area contributed by atoms with Crippen LogP contribution in [-0.4, -0.2) is 71.0 Å². The highest BCUT2D eigenvalue weighted by molar-refractivity contribution is 5.90. The lowest BCUT2D eigenvalue weighted by Crippen LogP contribution is -2.64. The summed E-state index contributed by atoms with van der Waals surface area (Å²) in [6.45, 7) is 4.95. The van der Waals surface area contributed by atoms with Crippen LogP contribution in [0.1, 0.15) is 16.8 Å². The molecular weight excluding hydrogens is 452 g/mol. The summed E-state index contributed by atoms with van der Waals surface area (Å²) in [5.74, 6) is 0. The Morgan fingerprint density at radius 3 is 2.09 bits per heavy atom. The molecule has 1 aromatic carbocycles. The molecule has 0 unspecified atom stereocenters. The zero-order valence-corrected chi connectivity index (χ0v) is 17.5. The lowest BCUT2D eigenvalue weighted by Gasteiger charge is -2.48. The van der Waals surface area contributed by atoms with E-state index in [0.29, 0.717) is 25.2 Å². The number of anilines is 1. The van der Waals surface area contributed by atoms with Gasteiger partial charge in [-0.2, -0.15) is 26.3 Å². The Kier molecular flexibility index (Phi) is 6.32. The van der Waals surface area contributed by atoms with Gasteiger partial charge < -0.3 is 15.2 Å². The monoisotopic (exact) mass is 475 g/mol. The molecule has 2 N–H and O–H groups in total. The average molecular weight is 475 g/mol. The van der Waals surface area contributed by atoms with E-state index >= 15 is 0 Å². The van der Waals surface area contributed by atoms with E-state index < -0.39 is 35.2 Å². The van der Waals surface area contributed by atoms with Crippen LogP contribution in [-0.2, 0) is 18.9 Å². The van der Waals surface area contributed by atoms with Crippen LogP contribution in [0.25, 0.3) is 0 Å². The number of carbonyl (C=O) groups excluding carboxylic acids is 1. The van der Waals surface area contributed by atoms with Gasteiger partial charge >= 0.3 is 18.4 Å². The molecule has 0 bridgehead atoms. The number of piperazine rings is 1. The Morgan fingerprint density at radius 1 is 0.970 bits per heavy atom. The van der Waals surface area contributed by atoms with Crippen LogP contribution in [0.2, 0.25) is 0 Å². The highest BCUT2D eigenvalue weighted by Crippen LogP contribution is 2.37. The summed E-state index contributed by atoms with van der Waals surface area (Å²) in [6, 6.07) is 4.42. The van der Waals surface area contributed by atoms with Crippen molar-refractivity contribution in [3.63, 3.8) is 0 Å². The van der Waals surface area contributed by atoms with Gasteiger partial charge in [0.15, 0.2) is 0 Å². The number of urea groups is 1. The maximum absolute atomic E-state index is 13.0. The number of H-pyrrole nitrogens is 1. The van der Waals surface area contributed by atoms with Gasteiger partial charge in [0.05, 0.1) is 11.1 Å². The summed E-state index contributed by atoms with van der Waals surface area (Å²) in [5.41, 5.74) is -2.33. The van der Waals surface area contributed by atoms with Gasteiger partial charge in [0.1, 0.15) is 0 Å². The fraction of sp³-hybridized carbons (Fsp3) is 0.476. The second kappa shape index (κ2) is 8.90. The van der Waals surface area contributed by atoms with Gasteiger partial charge in [-0.1, -0.05) is 0 Å². The molecule has 12 heteroatoms. The minimum atomic E-state index is -4.97. The largest absolute Gasteiger partial charge is 0.416 e. The summed E-state index contributed by atoms with van der Waals surface area (Å²) in [7, 11) is 0. The Hall–Kier alpha value is -2.73. The third-order valence-electron chi connectivity index (χ3n) is 5.97. The Labute approximate surface area is 186 Å². The summed E-state index contributed by atoms with van der Waals surface area (Å²) in [6.07, 6.45) is -8.06. The number of carbonyl (C=O) groups is 1. The van der Waals surface area contributed by atoms with Crippen LogP contribution in [0.4, 0.5) is 36.8 Å². The number of benzene rings is 1. The number of rotatable bonds is 4. The number of nitrogens with zero attached hydrogens (tertiary/aromatic N) is 3. The van der Waals surface area contributed by atoms with Gasteiger partial charge in [-0.3, -0.25) is 9.80 Å². The zero-order valence-electron chi connectivity index (χ0n) is 17.5. The second-order valence-electron chi connectivity index (χ2n) is 8.29. The third-order valence-corrected chi connectivity index (χ3v) is 5.97. The lowest BCUT2D eigenvalue weighted by molar-refractivity contribution is -0.143. The minimum absolute atomic E-state index is 0.0325. The van der Waals surface area contributed by atoms with Crippen LogP contribution >= 0.6 is 0 Å². The second-order valence-corrected chi connectivity index (χ2v) is 8.29. The summed E-state index contributed by atoms with van der Waals surface area (Å²) in [5, 5.41) is 2.18. The quantitative estimate of drug-likeness (QED) is 0.656. The van der Waals surface area contributed by atoms with Gasteiger partial charge in [0.2, 0.25) is 0 Å². The lowest BCUT2D eigenvalue weighted by atomic mass is 10.1. The number of alkyl halides is 6. The van der Waals surface area contributed by atoms with Crippen LogP contribution in [0.5, 0.6) is 0 Å². The van der Waals surface area contributed by atoms with Crippen molar-refractivity contribution in [1.82, 2.24) is 19.7 Å². The summed E-state index contributed by atoms with van der Waals surface area (Å²) < 4.78 is 78.0. The van der Waals surface area contributed by atoms with E-state index in [-0.39, 0.29) is 12.1 Å². The number of nitrogens with one attached hydrogen (secondary N) is 2. The van der Waals surface area contributed by atoms with Crippen molar-refractivity contribution in [2.45, 2.75) is 24.9 Å². The molecule has 4 rings (SSSR count). The molecule has 0 atom stereocenters. The number of halogens is 6. The SMILES string of the molecule is O=C(Nc1cc(C(F)(F)F)cc(C(F)(F)F)c1)N1CC(N2CCN(Cc3ccc[nH]3)CC2)C1. The molecule has 2 amide bonds. The first kappa shape index (κ1) is 23.4. The molecule has 2 aliphatic heterocycles. The molecule has 0 aliphatic carbocycles. The first-order valence-corrected chi connectivity index (χ1v) is 10.4. The van der Waals surface area contributed by atoms with E-state index in [1.54, 1.807) is 0 Å². The maximum atomic E-state index is 13.0. The topological polar surface area (TPSA) is 54.6 Å². The Morgan fingerprint density at radius 2 is 1.58 bits per heavy atom. The highest BCUT2D eigenvalue weighted by Gasteiger charge is 2.39. The molecule has 33 heavy (non-hydrogen) atoms. The van der Waals surface area contributed by atoms with E-state index in [1.807, 2.05) is 18.3 Å². The van der Waals surface area contributed by atoms with E-state index in [4.69, 9.17) is 0 Å². The van der Waals surface area contributed by atoms with Crippen LogP contribution in [0.15, 0.2) is 36.5 Å². The minimum Gasteiger partial charge on any atom is -0.364 e. The Balaban J connectivity index is 1.30. The molecule has 2 aromatic rings. The fourth-order valence-corrected chi connectivity index (χ4v) is 4.08. The molecule has 0 radical (unpaired) electrons. The third kappa shape index (κ3) is 5.61. The smallest absolute Gasteiger partial charge is 0.364 e. The molecule has 6 nitrogen and oxygen atoms in total. The molecule has 180 valence electrons. The van der Waals surface area contributed by atoms with E-state index in [2.05, 4.69) is 20.1 Å². The predicted octanol–water partition coefficient (Wildman–Crippen LogP) is 4.09. The average Bonchev–Trinajstić information content (AvgIpc) is 3.19. The first-order valence-electron chi connectivity index (χ1n) is 10.4. The van der Waals surface area contributed by atoms with Crippen molar-refractivity contribution >= 4 is 11.7 Å². The van der Waals surface area contributed by atoms with Crippen molar-refractivity contribution in [2.24, 2.45) is 0 Å². The number of hydrogen-bond acceptors (Lipinski definition) is 3. The van der Waals surface area contributed by atoms with Crippen LogP contribution in [0.3, 0.4) is 0 Å². The van der Waals surface area contributed by atoms with E-state index in [9.17, 15) is 31.1 Å². The Bertz CT molecular complexity index is 928. The fourth-order valence-electron chi connectivity index (χ4n) is 4.08. The number of aromatic amines is 1. The van der Waals surface area contributed by atoms with Gasteiger partial charge in [0.25, 0.3) is 0 Å². The van der Waals surface area contributed by atoms with Gasteiger partial charge in [-0.25, -0.2) is 4.79 Å². The standard InChI is InChI=1S/C21H23F6N5O/c22-20(23,24)14-8-15(21(25,26)27)10-17(9-14)29-19(33)32-12-18(13-32)31-6-4-30(5-7-31)11-16-2-1-3-28-16/h1-3,8-10,18,28H,4-7,11-13H2,(H,29,33). The first-order chi connectivity index (χ1) is 15.5. The van der Waals surface area contributed by atoms with Crippen LogP contribution in [0, 0.1) is 0 Å². The molecule has 2 aliphatic rings. The molecule has 1 aromatic heterocycles. The molecule has 2 saturated heterocycles. The molecule has 0 saturated carbocycles. The predicted molar refractivity (Wildman–Crippen MR) is 108 cm³/mol. The molecule has 2 fully saturated rings. The van der Waals surface area contributed by atoms with Crippen molar-refractivity contribution < 1.29 is 31.1 Å². The highest BCUT2D eigenvalue weighted by atomic mass is 19.4. The van der Waals surface area contributed by atoms with E-state index in [0.717, 1.165) is 38.4 Å². The van der Waals surface area contributed by atoms with Crippen molar-refractivity contribution in [3.8, 4) is 0 Å². The van der Waals surface area contributed by atoms with Crippen molar-refractivity contribution in [1.29, 1.82) is 0 Å². The molecule has 0 spiro atoms. The number of amides is 2. The van der Waals surface area contributed by atoms with Crippen molar-refractivity contribution in [3.05, 3.63) is 53.3 Å². The summed E-state index contributed by atoms with van der Waals surface area (Å²) >= 11 is 0. The normalized spacial score (nSPS) is 18.9. The van der Waals surface area contributed by atoms with Gasteiger partial charge in [-0.15, -0.1) is 0 Å². The number of likely N-dealkylation sites (tertiary alicyclic amines) is 1. The molecule has 3 heterocycles. The van der Waals surface area contributed by atoms with Crippen molar-refractivity contribution in [2.75, 3.05) is 44.6 Å². The summed E-state index contributed by atoms with van der Waals surface area (Å²) in [4.78, 5) is 21.5. The van der Waals surface area contributed by atoms with Gasteiger partial charge in [-0.05, 0) is 30.3 Å². The number of hydrogen-bond donors (Lipinski definition) is 2. The molecular formula is C21H23F6N5O. The number of aromatic nitrogens is 1. The zero-order chi connectivity index (χ0) is 23.8. The van der Waals surface area contributed by atoms with Crippen LogP contribution < -0.4 is 5.32 Å². The van der Waals surface area contributed by atoms with E-state index in [1.165, 1.54) is 4.90 Å².